The van der Waals surface area contributed by atoms with Crippen LogP contribution in [0.15, 0.2) is 67.0 Å². The van der Waals surface area contributed by atoms with Crippen LogP contribution in [-0.4, -0.2) is 35.5 Å². The second-order valence-corrected chi connectivity index (χ2v) is 8.84. The summed E-state index contributed by atoms with van der Waals surface area (Å²) in [5.41, 5.74) is 2.90. The van der Waals surface area contributed by atoms with Crippen molar-refractivity contribution in [2.45, 2.75) is 26.3 Å². The van der Waals surface area contributed by atoms with E-state index in [0.717, 1.165) is 16.7 Å². The third-order valence-electron chi connectivity index (χ3n) is 6.13. The van der Waals surface area contributed by atoms with Crippen LogP contribution in [0.3, 0.4) is 0 Å². The topological polar surface area (TPSA) is 58.1 Å². The molecule has 0 unspecified atom stereocenters. The number of pyridine rings is 1. The summed E-state index contributed by atoms with van der Waals surface area (Å²) in [6, 6.07) is 16.5. The Morgan fingerprint density at radius 1 is 1.00 bits per heavy atom. The van der Waals surface area contributed by atoms with E-state index >= 15 is 0 Å². The molecule has 2 heterocycles. The lowest BCUT2D eigenvalue weighted by molar-refractivity contribution is -0.671. The molecule has 0 bridgehead atoms. The van der Waals surface area contributed by atoms with Crippen molar-refractivity contribution in [1.29, 1.82) is 0 Å². The number of nitrogens with zero attached hydrogens (tertiary/aromatic N) is 4. The molecule has 1 saturated heterocycles. The third kappa shape index (κ3) is 4.23. The van der Waals surface area contributed by atoms with Gasteiger partial charge in [0.1, 0.15) is 24.9 Å². The number of carbonyl (C=O) groups is 2. The first-order chi connectivity index (χ1) is 16.2. The number of aromatic nitrogens is 1. The Kier molecular flexibility index (Phi) is 6.08. The van der Waals surface area contributed by atoms with E-state index in [1.807, 2.05) is 48.3 Å². The molecule has 1 fully saturated rings. The Morgan fingerprint density at radius 3 is 2.26 bits per heavy atom. The summed E-state index contributed by atoms with van der Waals surface area (Å²) in [6.45, 7) is 13.0. The average molecular weight is 456 g/mol. The quantitative estimate of drug-likeness (QED) is 0.309. The van der Waals surface area contributed by atoms with Crippen LogP contribution in [0.5, 0.6) is 5.75 Å². The molecule has 0 aliphatic carbocycles. The summed E-state index contributed by atoms with van der Waals surface area (Å²) in [5, 5.41) is 0. The van der Waals surface area contributed by atoms with Gasteiger partial charge < -0.3 is 9.64 Å². The number of hydrogen-bond acceptors (Lipinski definition) is 3. The second-order valence-electron chi connectivity index (χ2n) is 8.84. The van der Waals surface area contributed by atoms with E-state index in [9.17, 15) is 9.59 Å². The van der Waals surface area contributed by atoms with E-state index in [1.54, 1.807) is 39.0 Å². The van der Waals surface area contributed by atoms with Gasteiger partial charge in [-0.05, 0) is 61.7 Å². The van der Waals surface area contributed by atoms with Crippen LogP contribution >= 0.6 is 0 Å². The summed E-state index contributed by atoms with van der Waals surface area (Å²) in [7, 11) is 1.98. The Bertz CT molecular complexity index is 1270. The van der Waals surface area contributed by atoms with Crippen molar-refractivity contribution in [3.05, 3.63) is 84.0 Å². The fraction of sp³-hybridized carbons (Fsp3) is 0.259. The van der Waals surface area contributed by atoms with E-state index in [1.165, 1.54) is 9.80 Å². The van der Waals surface area contributed by atoms with Gasteiger partial charge in [0, 0.05) is 12.1 Å². The number of benzene rings is 2. The van der Waals surface area contributed by atoms with Crippen molar-refractivity contribution < 1.29 is 18.9 Å². The zero-order valence-electron chi connectivity index (χ0n) is 19.8. The van der Waals surface area contributed by atoms with Crippen LogP contribution in [0.25, 0.3) is 16.0 Å². The highest BCUT2D eigenvalue weighted by Gasteiger charge is 2.51. The van der Waals surface area contributed by atoms with Crippen LogP contribution in [-0.2, 0) is 11.8 Å². The van der Waals surface area contributed by atoms with E-state index in [-0.39, 0.29) is 25.1 Å². The van der Waals surface area contributed by atoms with Gasteiger partial charge in [-0.2, -0.15) is 0 Å². The predicted octanol–water partition coefficient (Wildman–Crippen LogP) is 4.66. The third-order valence-corrected chi connectivity index (χ3v) is 6.13. The Balaban J connectivity index is 1.43. The number of rotatable bonds is 6. The first kappa shape index (κ1) is 23.0. The molecule has 3 amide bonds. The van der Waals surface area contributed by atoms with E-state index in [4.69, 9.17) is 11.3 Å². The predicted molar refractivity (Wildman–Crippen MR) is 130 cm³/mol. The van der Waals surface area contributed by atoms with Gasteiger partial charge in [-0.3, -0.25) is 4.79 Å². The molecule has 0 N–H and O–H groups in total. The minimum atomic E-state index is -1.000. The average Bonchev–Trinajstić information content (AvgIpc) is 2.99. The van der Waals surface area contributed by atoms with E-state index in [2.05, 4.69) is 17.0 Å². The Labute approximate surface area is 199 Å². The van der Waals surface area contributed by atoms with Gasteiger partial charge in [0.25, 0.3) is 5.91 Å². The molecule has 34 heavy (non-hydrogen) atoms. The lowest BCUT2D eigenvalue weighted by atomic mass is 10.0. The molecule has 1 aromatic heterocycles. The smallest absolute Gasteiger partial charge is 0.332 e. The van der Waals surface area contributed by atoms with Gasteiger partial charge in [-0.1, -0.05) is 18.2 Å². The molecule has 2 aromatic carbocycles. The zero-order chi connectivity index (χ0) is 24.5. The van der Waals surface area contributed by atoms with Gasteiger partial charge in [0.15, 0.2) is 18.1 Å². The van der Waals surface area contributed by atoms with Crippen LogP contribution in [0.4, 0.5) is 16.2 Å². The summed E-state index contributed by atoms with van der Waals surface area (Å²) in [5.74, 6) is 0.399. The molecule has 7 nitrogen and oxygen atoms in total. The lowest BCUT2D eigenvalue weighted by Gasteiger charge is -2.27. The van der Waals surface area contributed by atoms with Crippen molar-refractivity contribution in [1.82, 2.24) is 4.90 Å². The van der Waals surface area contributed by atoms with Gasteiger partial charge in [-0.25, -0.2) is 19.1 Å². The van der Waals surface area contributed by atoms with Gasteiger partial charge in [0.2, 0.25) is 0 Å². The number of amides is 3. The number of anilines is 1. The number of imide groups is 1. The van der Waals surface area contributed by atoms with Crippen LogP contribution in [0, 0.1) is 13.5 Å². The van der Waals surface area contributed by atoms with E-state index in [0.29, 0.717) is 17.1 Å². The molecule has 0 radical (unpaired) electrons. The van der Waals surface area contributed by atoms with Crippen molar-refractivity contribution in [3.8, 4) is 16.9 Å². The standard InChI is InChI=1S/C27H27N4O3/c1-19-18-22(8-11-24(19)28-4)31-25(32)27(2,3)30(26(31)33)16-17-34-23-9-6-20(7-10-23)21-12-14-29(5)15-13-21/h6-15,18H,16-17H2,1-3,5H3/q+1. The molecule has 172 valence electrons. The fourth-order valence-electron chi connectivity index (χ4n) is 4.03. The largest absolute Gasteiger partial charge is 0.492 e. The monoisotopic (exact) mass is 455 g/mol. The maximum Gasteiger partial charge on any atom is 0.332 e. The van der Waals surface area contributed by atoms with Crippen molar-refractivity contribution >= 4 is 23.3 Å². The number of carbonyl (C=O) groups excluding carboxylic acids is 2. The highest BCUT2D eigenvalue weighted by molar-refractivity contribution is 6.23. The molecule has 4 rings (SSSR count). The van der Waals surface area contributed by atoms with Crippen molar-refractivity contribution in [2.24, 2.45) is 7.05 Å². The fourth-order valence-corrected chi connectivity index (χ4v) is 4.03. The highest BCUT2D eigenvalue weighted by atomic mass is 16.5. The molecule has 0 spiro atoms. The molecule has 1 aliphatic rings. The normalized spacial score (nSPS) is 14.9. The number of urea groups is 1. The summed E-state index contributed by atoms with van der Waals surface area (Å²) in [4.78, 5) is 32.5. The maximum atomic E-state index is 13.2. The molecule has 0 atom stereocenters. The summed E-state index contributed by atoms with van der Waals surface area (Å²) >= 11 is 0. The van der Waals surface area contributed by atoms with Crippen molar-refractivity contribution in [3.63, 3.8) is 0 Å². The number of ether oxygens (including phenoxy) is 1. The second kappa shape index (κ2) is 8.99. The zero-order valence-corrected chi connectivity index (χ0v) is 19.8. The van der Waals surface area contributed by atoms with E-state index < -0.39 is 5.54 Å². The first-order valence-corrected chi connectivity index (χ1v) is 11.0. The Morgan fingerprint density at radius 2 is 1.65 bits per heavy atom. The summed E-state index contributed by atoms with van der Waals surface area (Å²) < 4.78 is 7.87. The Hall–Kier alpha value is -4.18. The number of aryl methyl sites for hydroxylation is 2. The lowest BCUT2D eigenvalue weighted by Crippen LogP contribution is -2.46. The van der Waals surface area contributed by atoms with Gasteiger partial charge >= 0.3 is 6.03 Å². The van der Waals surface area contributed by atoms with Crippen LogP contribution in [0.2, 0.25) is 0 Å². The first-order valence-electron chi connectivity index (χ1n) is 11.0. The van der Waals surface area contributed by atoms with Gasteiger partial charge in [0.05, 0.1) is 18.8 Å². The van der Waals surface area contributed by atoms with Gasteiger partial charge in [-0.15, -0.1) is 0 Å². The molecule has 7 heteroatoms. The maximum absolute atomic E-state index is 13.2. The molecular formula is C27H27N4O3+. The molecule has 1 aliphatic heterocycles. The molecule has 3 aromatic rings. The number of hydrogen-bond donors (Lipinski definition) is 0. The highest BCUT2D eigenvalue weighted by Crippen LogP contribution is 2.34. The van der Waals surface area contributed by atoms with Crippen LogP contribution < -0.4 is 14.2 Å². The minimum Gasteiger partial charge on any atom is -0.492 e. The summed E-state index contributed by atoms with van der Waals surface area (Å²) in [6.07, 6.45) is 4.00. The molecule has 0 saturated carbocycles. The minimum absolute atomic E-state index is 0.256. The SMILES string of the molecule is [C-]#[N+]c1ccc(N2C(=O)N(CCOc3ccc(-c4cc[n+](C)cc4)cc3)C(C)(C)C2=O)cc1C. The molecular weight excluding hydrogens is 428 g/mol. The van der Waals surface area contributed by atoms with Crippen LogP contribution in [0.1, 0.15) is 19.4 Å². The van der Waals surface area contributed by atoms with Crippen molar-refractivity contribution in [2.75, 3.05) is 18.1 Å².